The molecular weight excluding hydrogens is 663 g/mol. The van der Waals surface area contributed by atoms with Gasteiger partial charge in [-0.3, -0.25) is 14.1 Å². The highest BCUT2D eigenvalue weighted by Crippen LogP contribution is 2.36. The molecule has 9 heteroatoms. The topological polar surface area (TPSA) is 119 Å². The lowest BCUT2D eigenvalue weighted by Gasteiger charge is -2.18. The highest BCUT2D eigenvalue weighted by molar-refractivity contribution is 7.46. The van der Waals surface area contributed by atoms with Crippen LogP contribution < -0.4 is 0 Å². The van der Waals surface area contributed by atoms with Gasteiger partial charge in [-0.25, -0.2) is 4.57 Å². The number of carbonyl (C=O) groups is 2. The predicted octanol–water partition coefficient (Wildman–Crippen LogP) is 13.0. The fourth-order valence-corrected chi connectivity index (χ4v) is 6.67. The number of phosphoric acid groups is 1. The average Bonchev–Trinajstić information content (AvgIpc) is 3.10. The van der Waals surface area contributed by atoms with Crippen molar-refractivity contribution in [3.63, 3.8) is 0 Å². The van der Waals surface area contributed by atoms with Crippen LogP contribution in [0.4, 0.5) is 0 Å². The number of allylic oxidation sites excluding steroid dienone is 2. The molecule has 2 N–H and O–H groups in total. The third-order valence-corrected chi connectivity index (χ3v) is 10.0. The number of unbranched alkanes of at least 4 members (excludes halogenated alkanes) is 28. The van der Waals surface area contributed by atoms with E-state index in [1.165, 1.54) is 141 Å². The summed E-state index contributed by atoms with van der Waals surface area (Å²) in [6.45, 7) is 3.70. The summed E-state index contributed by atoms with van der Waals surface area (Å²) >= 11 is 0. The first-order valence-corrected chi connectivity index (χ1v) is 23.0. The minimum absolute atomic E-state index is 0.206. The van der Waals surface area contributed by atoms with E-state index in [1.807, 2.05) is 0 Å². The zero-order valence-corrected chi connectivity index (χ0v) is 34.2. The Morgan fingerprint density at radius 3 is 1.20 bits per heavy atom. The van der Waals surface area contributed by atoms with Crippen LogP contribution in [0.1, 0.15) is 226 Å². The van der Waals surface area contributed by atoms with Crippen LogP contribution in [0.5, 0.6) is 0 Å². The molecule has 0 aliphatic rings. The molecule has 0 fully saturated rings. The Labute approximate surface area is 314 Å². The number of rotatable bonds is 40. The number of ether oxygens (including phenoxy) is 2. The van der Waals surface area contributed by atoms with Crippen molar-refractivity contribution >= 4 is 19.8 Å². The first-order valence-electron chi connectivity index (χ1n) is 21.5. The molecule has 0 aromatic rings. The molecule has 0 bridgehead atoms. The van der Waals surface area contributed by atoms with E-state index in [1.54, 1.807) is 0 Å². The molecule has 0 aromatic heterocycles. The standard InChI is InChI=1S/C42H81O8P/c1-3-5-7-9-11-13-15-17-19-21-23-24-26-28-30-32-34-36-41(43)48-38-40(39-49-51(45,46)47)50-42(44)37-35-33-31-29-27-25-22-20-18-16-14-12-10-8-6-4-2/h20,22,40H,3-19,21,23-39H2,1-2H3,(H2,45,46,47)/b22-20-. The summed E-state index contributed by atoms with van der Waals surface area (Å²) in [4.78, 5) is 42.8. The van der Waals surface area contributed by atoms with Crippen molar-refractivity contribution in [1.82, 2.24) is 0 Å². The smallest absolute Gasteiger partial charge is 0.462 e. The Hall–Kier alpha value is -1.21. The third kappa shape index (κ3) is 41.4. The zero-order valence-electron chi connectivity index (χ0n) is 33.3. The van der Waals surface area contributed by atoms with Crippen LogP contribution in [0.15, 0.2) is 12.2 Å². The molecule has 0 spiro atoms. The summed E-state index contributed by atoms with van der Waals surface area (Å²) in [7, 11) is -4.75. The van der Waals surface area contributed by atoms with E-state index in [2.05, 4.69) is 30.5 Å². The van der Waals surface area contributed by atoms with Gasteiger partial charge in [0.1, 0.15) is 6.61 Å². The summed E-state index contributed by atoms with van der Waals surface area (Å²) in [5, 5.41) is 0. The van der Waals surface area contributed by atoms with E-state index in [0.717, 1.165) is 51.4 Å². The van der Waals surface area contributed by atoms with E-state index in [-0.39, 0.29) is 19.4 Å². The molecule has 0 aliphatic carbocycles. The van der Waals surface area contributed by atoms with Crippen LogP contribution in [0, 0.1) is 0 Å². The van der Waals surface area contributed by atoms with Crippen molar-refractivity contribution in [3.05, 3.63) is 12.2 Å². The van der Waals surface area contributed by atoms with Crippen LogP contribution >= 0.6 is 7.82 Å². The van der Waals surface area contributed by atoms with Crippen LogP contribution in [0.25, 0.3) is 0 Å². The van der Waals surface area contributed by atoms with Gasteiger partial charge >= 0.3 is 19.8 Å². The summed E-state index contributed by atoms with van der Waals surface area (Å²) in [5.41, 5.74) is 0. The molecule has 1 atom stereocenters. The molecule has 0 heterocycles. The lowest BCUT2D eigenvalue weighted by atomic mass is 10.0. The van der Waals surface area contributed by atoms with Gasteiger partial charge in [-0.1, -0.05) is 187 Å². The minimum atomic E-state index is -4.75. The second-order valence-electron chi connectivity index (χ2n) is 14.7. The molecule has 0 saturated heterocycles. The average molecular weight is 745 g/mol. The molecule has 0 rings (SSSR count). The normalized spacial score (nSPS) is 12.5. The Morgan fingerprint density at radius 1 is 0.490 bits per heavy atom. The number of carbonyl (C=O) groups excluding carboxylic acids is 2. The first-order chi connectivity index (χ1) is 24.8. The van der Waals surface area contributed by atoms with Gasteiger partial charge in [-0.2, -0.15) is 0 Å². The van der Waals surface area contributed by atoms with Gasteiger partial charge in [0.05, 0.1) is 6.61 Å². The summed E-state index contributed by atoms with van der Waals surface area (Å²) in [6, 6.07) is 0. The van der Waals surface area contributed by atoms with Crippen LogP contribution in [-0.2, 0) is 28.2 Å². The summed E-state index contributed by atoms with van der Waals surface area (Å²) in [6.07, 6.45) is 42.2. The second-order valence-corrected chi connectivity index (χ2v) is 15.9. The van der Waals surface area contributed by atoms with Crippen LogP contribution in [0.2, 0.25) is 0 Å². The maximum atomic E-state index is 12.4. The van der Waals surface area contributed by atoms with E-state index < -0.39 is 32.5 Å². The predicted molar refractivity (Wildman–Crippen MR) is 212 cm³/mol. The van der Waals surface area contributed by atoms with Crippen molar-refractivity contribution in [2.24, 2.45) is 0 Å². The van der Waals surface area contributed by atoms with Gasteiger partial charge in [-0.15, -0.1) is 0 Å². The van der Waals surface area contributed by atoms with Crippen LogP contribution in [0.3, 0.4) is 0 Å². The number of hydrogen-bond donors (Lipinski definition) is 2. The Bertz CT molecular complexity index is 843. The molecule has 8 nitrogen and oxygen atoms in total. The highest BCUT2D eigenvalue weighted by atomic mass is 31.2. The summed E-state index contributed by atoms with van der Waals surface area (Å²) < 4.78 is 26.4. The van der Waals surface area contributed by atoms with E-state index in [9.17, 15) is 14.2 Å². The van der Waals surface area contributed by atoms with Gasteiger partial charge in [0.15, 0.2) is 6.10 Å². The Balaban J connectivity index is 3.88. The molecule has 0 radical (unpaired) electrons. The molecular formula is C42H81O8P. The quantitative estimate of drug-likeness (QED) is 0.0275. The summed E-state index contributed by atoms with van der Waals surface area (Å²) in [5.74, 6) is -0.882. The maximum absolute atomic E-state index is 12.4. The molecule has 1 unspecified atom stereocenters. The van der Waals surface area contributed by atoms with E-state index in [4.69, 9.17) is 19.3 Å². The molecule has 302 valence electrons. The minimum Gasteiger partial charge on any atom is -0.462 e. The fourth-order valence-electron chi connectivity index (χ4n) is 6.31. The first kappa shape index (κ1) is 49.8. The zero-order chi connectivity index (χ0) is 37.5. The van der Waals surface area contributed by atoms with Gasteiger partial charge in [0, 0.05) is 12.8 Å². The fraction of sp³-hybridized carbons (Fsp3) is 0.905. The number of esters is 2. The van der Waals surface area contributed by atoms with Crippen molar-refractivity contribution in [2.45, 2.75) is 232 Å². The molecule has 0 aromatic carbocycles. The van der Waals surface area contributed by atoms with E-state index in [0.29, 0.717) is 6.42 Å². The number of phosphoric ester groups is 1. The van der Waals surface area contributed by atoms with Crippen molar-refractivity contribution in [2.75, 3.05) is 13.2 Å². The molecule has 0 saturated carbocycles. The van der Waals surface area contributed by atoms with Crippen molar-refractivity contribution < 1.29 is 37.9 Å². The number of hydrogen-bond acceptors (Lipinski definition) is 6. The highest BCUT2D eigenvalue weighted by Gasteiger charge is 2.22. The van der Waals surface area contributed by atoms with Gasteiger partial charge in [-0.05, 0) is 38.5 Å². The molecule has 0 amide bonds. The second kappa shape index (κ2) is 38.5. The lowest BCUT2D eigenvalue weighted by molar-refractivity contribution is -0.161. The Kier molecular flexibility index (Phi) is 37.6. The lowest BCUT2D eigenvalue weighted by Crippen LogP contribution is -2.29. The molecule has 0 aliphatic heterocycles. The third-order valence-electron chi connectivity index (χ3n) is 9.53. The van der Waals surface area contributed by atoms with Gasteiger partial charge < -0.3 is 19.3 Å². The van der Waals surface area contributed by atoms with Crippen molar-refractivity contribution in [3.8, 4) is 0 Å². The monoisotopic (exact) mass is 745 g/mol. The van der Waals surface area contributed by atoms with Gasteiger partial charge in [0.2, 0.25) is 0 Å². The van der Waals surface area contributed by atoms with Crippen molar-refractivity contribution in [1.29, 1.82) is 0 Å². The van der Waals surface area contributed by atoms with Gasteiger partial charge in [0.25, 0.3) is 0 Å². The van der Waals surface area contributed by atoms with Crippen LogP contribution in [-0.4, -0.2) is 41.0 Å². The SMILES string of the molecule is CCCCCCCCC/C=C\CCCCCCCC(=O)OC(COC(=O)CCCCCCCCCCCCCCCCCCC)COP(=O)(O)O. The van der Waals surface area contributed by atoms with E-state index >= 15 is 0 Å². The maximum Gasteiger partial charge on any atom is 0.469 e. The Morgan fingerprint density at radius 2 is 0.824 bits per heavy atom. The largest absolute Gasteiger partial charge is 0.469 e. The molecule has 51 heavy (non-hydrogen) atoms.